The van der Waals surface area contributed by atoms with Crippen LogP contribution in [0.1, 0.15) is 11.5 Å². The first-order chi connectivity index (χ1) is 11.3. The van der Waals surface area contributed by atoms with Crippen LogP contribution in [-0.4, -0.2) is 17.4 Å². The van der Waals surface area contributed by atoms with E-state index in [1.165, 1.54) is 13.2 Å². The number of ether oxygens (including phenoxy) is 1. The van der Waals surface area contributed by atoms with Gasteiger partial charge in [-0.25, -0.2) is 5.21 Å². The molecule has 0 aliphatic carbocycles. The van der Waals surface area contributed by atoms with E-state index in [4.69, 9.17) is 16.2 Å². The van der Waals surface area contributed by atoms with Crippen LogP contribution < -0.4 is 21.4 Å². The number of aromatic hydroxyl groups is 1. The largest absolute Gasteiger partial charge is 0.595 e. The first-order valence-electron chi connectivity index (χ1n) is 6.47. The van der Waals surface area contributed by atoms with Gasteiger partial charge in [-0.2, -0.15) is 15.8 Å². The van der Waals surface area contributed by atoms with Gasteiger partial charge in [-0.3, -0.25) is 0 Å². The Hall–Kier alpha value is -2.89. The third kappa shape index (κ3) is 2.82. The fourth-order valence-corrected chi connectivity index (χ4v) is 3.13. The van der Waals surface area contributed by atoms with Crippen molar-refractivity contribution in [3.8, 4) is 23.6 Å². The van der Waals surface area contributed by atoms with Gasteiger partial charge in [-0.15, -0.1) is 0 Å². The number of nitrogens with one attached hydrogen (secondary N) is 1. The smallest absolute Gasteiger partial charge is 0.223 e. The van der Waals surface area contributed by atoms with Crippen molar-refractivity contribution in [3.05, 3.63) is 44.1 Å². The van der Waals surface area contributed by atoms with Crippen molar-refractivity contribution in [2.75, 3.05) is 7.11 Å². The molecule has 0 aromatic heterocycles. The van der Waals surface area contributed by atoms with Crippen molar-refractivity contribution in [1.82, 2.24) is 0 Å². The number of nitriles is 2. The Balaban J connectivity index is 2.77. The normalized spacial score (nSPS) is 16.5. The van der Waals surface area contributed by atoms with Crippen LogP contribution in [-0.2, 0) is 0 Å². The van der Waals surface area contributed by atoms with Crippen LogP contribution >= 0.6 is 11.8 Å². The predicted octanol–water partition coefficient (Wildman–Crippen LogP) is 0.0224. The first-order valence-corrected chi connectivity index (χ1v) is 7.28. The number of phenols is 1. The summed E-state index contributed by atoms with van der Waals surface area (Å²) in [7, 11) is 1.26. The minimum Gasteiger partial charge on any atom is -0.595 e. The second-order valence-electron chi connectivity index (χ2n) is 4.74. The zero-order valence-corrected chi connectivity index (χ0v) is 13.2. The van der Waals surface area contributed by atoms with E-state index >= 15 is 0 Å². The Bertz CT molecular complexity index is 799. The summed E-state index contributed by atoms with van der Waals surface area (Å²) in [6.45, 7) is 0. The van der Waals surface area contributed by atoms with E-state index in [1.54, 1.807) is 0 Å². The Morgan fingerprint density at radius 3 is 2.21 bits per heavy atom. The first kappa shape index (κ1) is 17.5. The standard InChI is InChI=1S/C14H13N5O4S/c1-23-10-3-6(2-9(12(10)20)19(21)22)11-7(4-15)13(17)24-14(18)8(11)5-16/h2-3,11,19-21H,17-18H2,1H3. The molecule has 0 saturated carbocycles. The summed E-state index contributed by atoms with van der Waals surface area (Å²) in [6, 6.07) is 6.37. The topological polar surface area (TPSA) is 177 Å². The maximum atomic E-state index is 11.3. The molecule has 0 fully saturated rings. The maximum Gasteiger partial charge on any atom is 0.223 e. The molecule has 9 nitrogen and oxygen atoms in total. The molecule has 1 heterocycles. The Labute approximate surface area is 141 Å². The summed E-state index contributed by atoms with van der Waals surface area (Å²) in [4.78, 5) is 0. The van der Waals surface area contributed by atoms with Gasteiger partial charge in [0, 0.05) is 6.07 Å². The minimum atomic E-state index is -1.39. The maximum absolute atomic E-state index is 11.3. The molecule has 1 aliphatic heterocycles. The van der Waals surface area contributed by atoms with Gasteiger partial charge in [0.25, 0.3) is 0 Å². The molecule has 1 unspecified atom stereocenters. The molecule has 1 aromatic carbocycles. The summed E-state index contributed by atoms with van der Waals surface area (Å²) in [6.07, 6.45) is 0. The zero-order chi connectivity index (χ0) is 18.0. The van der Waals surface area contributed by atoms with Gasteiger partial charge in [-0.05, 0) is 11.6 Å². The lowest BCUT2D eigenvalue weighted by molar-refractivity contribution is -0.991. The van der Waals surface area contributed by atoms with Gasteiger partial charge in [0.1, 0.15) is 0 Å². The fraction of sp³-hybridized carbons (Fsp3) is 0.143. The zero-order valence-electron chi connectivity index (χ0n) is 12.4. The molecular weight excluding hydrogens is 334 g/mol. The van der Waals surface area contributed by atoms with Crippen LogP contribution in [0.4, 0.5) is 5.69 Å². The highest BCUT2D eigenvalue weighted by Crippen LogP contribution is 2.45. The third-order valence-electron chi connectivity index (χ3n) is 3.45. The lowest BCUT2D eigenvalue weighted by Gasteiger charge is -2.25. The van der Waals surface area contributed by atoms with Crippen LogP contribution in [0.15, 0.2) is 33.3 Å². The molecule has 1 aliphatic rings. The van der Waals surface area contributed by atoms with Crippen molar-refractivity contribution in [1.29, 1.82) is 10.5 Å². The summed E-state index contributed by atoms with van der Waals surface area (Å²) in [5.41, 5.74) is 11.6. The van der Waals surface area contributed by atoms with Crippen LogP contribution in [0.2, 0.25) is 0 Å². The van der Waals surface area contributed by atoms with Gasteiger partial charge in [0.2, 0.25) is 11.4 Å². The molecule has 7 N–H and O–H groups in total. The number of phenolic OH excluding ortho intramolecular Hbond substituents is 1. The third-order valence-corrected chi connectivity index (χ3v) is 4.33. The van der Waals surface area contributed by atoms with Crippen LogP contribution in [0.3, 0.4) is 0 Å². The summed E-state index contributed by atoms with van der Waals surface area (Å²) < 4.78 is 4.98. The van der Waals surface area contributed by atoms with Crippen molar-refractivity contribution in [2.24, 2.45) is 11.5 Å². The lowest BCUT2D eigenvalue weighted by Crippen LogP contribution is -2.99. The Morgan fingerprint density at radius 2 is 1.79 bits per heavy atom. The monoisotopic (exact) mass is 347 g/mol. The van der Waals surface area contributed by atoms with Gasteiger partial charge >= 0.3 is 0 Å². The highest BCUT2D eigenvalue weighted by atomic mass is 32.2. The molecular formula is C14H13N5O4S. The van der Waals surface area contributed by atoms with Gasteiger partial charge in [0.05, 0.1) is 46.4 Å². The molecule has 0 bridgehead atoms. The van der Waals surface area contributed by atoms with Crippen LogP contribution in [0.25, 0.3) is 0 Å². The number of quaternary nitrogens is 1. The number of allylic oxidation sites excluding steroid dienone is 2. The molecule has 2 rings (SSSR count). The lowest BCUT2D eigenvalue weighted by atomic mass is 9.85. The molecule has 1 atom stereocenters. The number of nitrogens with two attached hydrogens (primary N) is 2. The van der Waals surface area contributed by atoms with E-state index in [1.807, 2.05) is 12.1 Å². The van der Waals surface area contributed by atoms with Crippen LogP contribution in [0, 0.1) is 27.9 Å². The molecule has 1 aromatic rings. The highest BCUT2D eigenvalue weighted by Gasteiger charge is 2.33. The number of thioether (sulfide) groups is 1. The second kappa shape index (κ2) is 6.70. The molecule has 0 saturated heterocycles. The predicted molar refractivity (Wildman–Crippen MR) is 84.4 cm³/mol. The Kier molecular flexibility index (Phi) is 4.87. The average Bonchev–Trinajstić information content (AvgIpc) is 2.54. The summed E-state index contributed by atoms with van der Waals surface area (Å²) in [5, 5.41) is 48.1. The van der Waals surface area contributed by atoms with Crippen molar-refractivity contribution < 1.29 is 20.3 Å². The molecule has 0 amide bonds. The average molecular weight is 347 g/mol. The van der Waals surface area contributed by atoms with Gasteiger partial charge < -0.3 is 26.5 Å². The second-order valence-corrected chi connectivity index (χ2v) is 5.82. The summed E-state index contributed by atoms with van der Waals surface area (Å²) >= 11 is 0.901. The number of hydrogen-bond acceptors (Lipinski definition) is 9. The van der Waals surface area contributed by atoms with E-state index in [2.05, 4.69) is 0 Å². The highest BCUT2D eigenvalue weighted by molar-refractivity contribution is 8.06. The van der Waals surface area contributed by atoms with E-state index in [0.29, 0.717) is 0 Å². The number of hydrogen-bond donors (Lipinski definition) is 5. The van der Waals surface area contributed by atoms with Crippen molar-refractivity contribution in [2.45, 2.75) is 5.92 Å². The van der Waals surface area contributed by atoms with E-state index < -0.39 is 22.6 Å². The van der Waals surface area contributed by atoms with Crippen molar-refractivity contribution >= 4 is 17.4 Å². The molecule has 10 heteroatoms. The van der Waals surface area contributed by atoms with Gasteiger partial charge in [0.15, 0.2) is 5.75 Å². The molecule has 0 radical (unpaired) electrons. The number of methoxy groups -OCH3 is 1. The number of rotatable bonds is 3. The molecule has 24 heavy (non-hydrogen) atoms. The summed E-state index contributed by atoms with van der Waals surface area (Å²) in [5.74, 6) is -1.59. The van der Waals surface area contributed by atoms with Gasteiger partial charge in [-0.1, -0.05) is 11.8 Å². The number of nitrogens with zero attached hydrogens (tertiary/aromatic N) is 2. The SMILES string of the molecule is COc1cc(C2C(C#N)=C(N)SC(N)=C2C#N)cc([NH+]([O-])O)c1O. The van der Waals surface area contributed by atoms with E-state index in [9.17, 15) is 26.0 Å². The van der Waals surface area contributed by atoms with E-state index in [-0.39, 0.29) is 32.5 Å². The molecule has 0 spiro atoms. The van der Waals surface area contributed by atoms with Crippen molar-refractivity contribution in [3.63, 3.8) is 0 Å². The minimum absolute atomic E-state index is 0.0785. The Morgan fingerprint density at radius 1 is 1.25 bits per heavy atom. The quantitative estimate of drug-likeness (QED) is 0.372. The molecule has 124 valence electrons. The van der Waals surface area contributed by atoms with E-state index in [0.717, 1.165) is 17.8 Å². The number of benzene rings is 1. The fourth-order valence-electron chi connectivity index (χ4n) is 2.34. The van der Waals surface area contributed by atoms with Crippen LogP contribution in [0.5, 0.6) is 11.5 Å².